The monoisotopic (exact) mass is 251 g/mol. The van der Waals surface area contributed by atoms with Crippen molar-refractivity contribution in [2.75, 3.05) is 6.61 Å². The Morgan fingerprint density at radius 3 is 3.17 bits per heavy atom. The maximum absolute atomic E-state index is 11.7. The molecule has 1 aliphatic rings. The molecule has 2 N–H and O–H groups in total. The molecule has 0 radical (unpaired) electrons. The molecule has 1 aromatic rings. The van der Waals surface area contributed by atoms with Crippen molar-refractivity contribution in [3.05, 3.63) is 17.5 Å². The predicted octanol–water partition coefficient (Wildman–Crippen LogP) is 1.68. The van der Waals surface area contributed by atoms with Crippen LogP contribution in [0.5, 0.6) is 0 Å². The van der Waals surface area contributed by atoms with E-state index in [2.05, 4.69) is 15.5 Å². The number of aromatic amines is 1. The number of hydrogen-bond acceptors (Lipinski definition) is 3. The first-order valence-corrected chi connectivity index (χ1v) is 6.63. The van der Waals surface area contributed by atoms with E-state index in [9.17, 15) is 4.79 Å². The van der Waals surface area contributed by atoms with Crippen molar-refractivity contribution in [1.82, 2.24) is 15.5 Å². The largest absolute Gasteiger partial charge is 0.378 e. The number of hydrogen-bond donors (Lipinski definition) is 2. The lowest BCUT2D eigenvalue weighted by molar-refractivity contribution is -0.122. The molecule has 1 atom stereocenters. The molecule has 0 spiro atoms. The Bertz CT molecular complexity index is 383. The van der Waals surface area contributed by atoms with Crippen molar-refractivity contribution in [2.24, 2.45) is 0 Å². The van der Waals surface area contributed by atoms with E-state index in [-0.39, 0.29) is 12.0 Å². The second kappa shape index (κ2) is 6.54. The Labute approximate surface area is 107 Å². The summed E-state index contributed by atoms with van der Waals surface area (Å²) in [7, 11) is 0. The van der Waals surface area contributed by atoms with Crippen LogP contribution in [0, 0.1) is 6.92 Å². The fourth-order valence-electron chi connectivity index (χ4n) is 2.16. The van der Waals surface area contributed by atoms with E-state index < -0.39 is 0 Å². The molecule has 5 nitrogen and oxygen atoms in total. The number of aryl methyl sites for hydroxylation is 1. The minimum Gasteiger partial charge on any atom is -0.378 e. The predicted molar refractivity (Wildman–Crippen MR) is 68.0 cm³/mol. The number of nitrogens with zero attached hydrogens (tertiary/aromatic N) is 1. The summed E-state index contributed by atoms with van der Waals surface area (Å²) in [6.07, 6.45) is 6.87. The zero-order valence-corrected chi connectivity index (χ0v) is 10.9. The van der Waals surface area contributed by atoms with Gasteiger partial charge in [0.05, 0.1) is 12.3 Å². The molecule has 0 aliphatic carbocycles. The lowest BCUT2D eigenvalue weighted by Gasteiger charge is -2.22. The molecule has 1 aliphatic heterocycles. The molecule has 0 aromatic carbocycles. The van der Waals surface area contributed by atoms with Gasteiger partial charge in [0.15, 0.2) is 0 Å². The van der Waals surface area contributed by atoms with Crippen LogP contribution in [0.1, 0.15) is 43.4 Å². The first kappa shape index (κ1) is 13.1. The molecule has 5 heteroatoms. The summed E-state index contributed by atoms with van der Waals surface area (Å²) in [4.78, 5) is 11.7. The molecule has 1 saturated heterocycles. The van der Waals surface area contributed by atoms with E-state index >= 15 is 0 Å². The third-order valence-corrected chi connectivity index (χ3v) is 3.38. The molecular formula is C13H21N3O2. The Hall–Kier alpha value is -1.36. The van der Waals surface area contributed by atoms with E-state index in [1.54, 1.807) is 6.20 Å². The number of ether oxygens (including phenoxy) is 1. The molecule has 1 fully saturated rings. The van der Waals surface area contributed by atoms with Crippen LogP contribution >= 0.6 is 0 Å². The summed E-state index contributed by atoms with van der Waals surface area (Å²) >= 11 is 0. The van der Waals surface area contributed by atoms with E-state index in [0.717, 1.165) is 37.1 Å². The standard InChI is InChI=1S/C13H21N3O2/c1-10-11(9-15-16-10)8-14-13(17)6-5-12-4-2-3-7-18-12/h9,12H,2-8H2,1H3,(H,14,17)(H,15,16). The van der Waals surface area contributed by atoms with E-state index in [1.165, 1.54) is 6.42 Å². The lowest BCUT2D eigenvalue weighted by Crippen LogP contribution is -2.26. The molecule has 2 heterocycles. The van der Waals surface area contributed by atoms with Gasteiger partial charge in [-0.2, -0.15) is 5.10 Å². The summed E-state index contributed by atoms with van der Waals surface area (Å²) in [5, 5.41) is 9.69. The Balaban J connectivity index is 1.64. The molecule has 100 valence electrons. The van der Waals surface area contributed by atoms with Gasteiger partial charge in [-0.3, -0.25) is 9.89 Å². The highest BCUT2D eigenvalue weighted by atomic mass is 16.5. The Morgan fingerprint density at radius 1 is 1.61 bits per heavy atom. The highest BCUT2D eigenvalue weighted by molar-refractivity contribution is 5.75. The van der Waals surface area contributed by atoms with Crippen LogP contribution in [0.15, 0.2) is 6.20 Å². The van der Waals surface area contributed by atoms with E-state index in [4.69, 9.17) is 4.74 Å². The third kappa shape index (κ3) is 3.84. The first-order valence-electron chi connectivity index (χ1n) is 6.63. The fourth-order valence-corrected chi connectivity index (χ4v) is 2.16. The van der Waals surface area contributed by atoms with Crippen LogP contribution in [0.4, 0.5) is 0 Å². The number of rotatable bonds is 5. The lowest BCUT2D eigenvalue weighted by atomic mass is 10.0. The van der Waals surface area contributed by atoms with Gasteiger partial charge in [-0.05, 0) is 32.6 Å². The fraction of sp³-hybridized carbons (Fsp3) is 0.692. The minimum absolute atomic E-state index is 0.0878. The van der Waals surface area contributed by atoms with Crippen LogP contribution in [-0.4, -0.2) is 28.8 Å². The van der Waals surface area contributed by atoms with Gasteiger partial charge >= 0.3 is 0 Å². The molecule has 0 bridgehead atoms. The summed E-state index contributed by atoms with van der Waals surface area (Å²) in [6, 6.07) is 0. The SMILES string of the molecule is Cc1[nH]ncc1CNC(=O)CCC1CCCCO1. The van der Waals surface area contributed by atoms with Gasteiger partial charge in [0.25, 0.3) is 0 Å². The number of aromatic nitrogens is 2. The number of carbonyl (C=O) groups excluding carboxylic acids is 1. The van der Waals surface area contributed by atoms with Crippen molar-refractivity contribution < 1.29 is 9.53 Å². The second-order valence-corrected chi connectivity index (χ2v) is 4.82. The zero-order chi connectivity index (χ0) is 12.8. The van der Waals surface area contributed by atoms with Crippen molar-refractivity contribution in [3.8, 4) is 0 Å². The van der Waals surface area contributed by atoms with E-state index in [1.807, 2.05) is 6.92 Å². The topological polar surface area (TPSA) is 67.0 Å². The van der Waals surface area contributed by atoms with Crippen molar-refractivity contribution in [3.63, 3.8) is 0 Å². The van der Waals surface area contributed by atoms with Crippen molar-refractivity contribution in [2.45, 2.75) is 51.7 Å². The van der Waals surface area contributed by atoms with Gasteiger partial charge < -0.3 is 10.1 Å². The summed E-state index contributed by atoms with van der Waals surface area (Å²) in [5.74, 6) is 0.0878. The van der Waals surface area contributed by atoms with Gasteiger partial charge in [-0.25, -0.2) is 0 Å². The molecule has 18 heavy (non-hydrogen) atoms. The molecule has 1 amide bonds. The van der Waals surface area contributed by atoms with Crippen LogP contribution < -0.4 is 5.32 Å². The molecule has 1 unspecified atom stereocenters. The number of nitrogens with one attached hydrogen (secondary N) is 2. The average Bonchev–Trinajstić information content (AvgIpc) is 2.81. The molecule has 0 saturated carbocycles. The molecular weight excluding hydrogens is 230 g/mol. The normalized spacial score (nSPS) is 19.7. The molecule has 2 rings (SSSR count). The summed E-state index contributed by atoms with van der Waals surface area (Å²) in [5.41, 5.74) is 2.04. The van der Waals surface area contributed by atoms with Gasteiger partial charge in [0, 0.05) is 30.8 Å². The van der Waals surface area contributed by atoms with Crippen LogP contribution in [0.25, 0.3) is 0 Å². The number of H-pyrrole nitrogens is 1. The minimum atomic E-state index is 0.0878. The van der Waals surface area contributed by atoms with Gasteiger partial charge in [0.1, 0.15) is 0 Å². The molecule has 1 aromatic heterocycles. The highest BCUT2D eigenvalue weighted by Crippen LogP contribution is 2.16. The quantitative estimate of drug-likeness (QED) is 0.836. The van der Waals surface area contributed by atoms with Crippen LogP contribution in [-0.2, 0) is 16.1 Å². The van der Waals surface area contributed by atoms with Crippen molar-refractivity contribution >= 4 is 5.91 Å². The first-order chi connectivity index (χ1) is 8.75. The highest BCUT2D eigenvalue weighted by Gasteiger charge is 2.15. The third-order valence-electron chi connectivity index (χ3n) is 3.38. The maximum Gasteiger partial charge on any atom is 0.220 e. The smallest absolute Gasteiger partial charge is 0.220 e. The summed E-state index contributed by atoms with van der Waals surface area (Å²) in [6.45, 7) is 3.34. The zero-order valence-electron chi connectivity index (χ0n) is 10.9. The van der Waals surface area contributed by atoms with Crippen LogP contribution in [0.3, 0.4) is 0 Å². The number of amides is 1. The van der Waals surface area contributed by atoms with Crippen molar-refractivity contribution in [1.29, 1.82) is 0 Å². The van der Waals surface area contributed by atoms with Gasteiger partial charge in [-0.1, -0.05) is 0 Å². The Morgan fingerprint density at radius 2 is 2.50 bits per heavy atom. The van der Waals surface area contributed by atoms with Gasteiger partial charge in [-0.15, -0.1) is 0 Å². The van der Waals surface area contributed by atoms with Crippen LogP contribution in [0.2, 0.25) is 0 Å². The maximum atomic E-state index is 11.7. The number of carbonyl (C=O) groups is 1. The summed E-state index contributed by atoms with van der Waals surface area (Å²) < 4.78 is 5.60. The Kier molecular flexibility index (Phi) is 4.75. The second-order valence-electron chi connectivity index (χ2n) is 4.82. The van der Waals surface area contributed by atoms with E-state index in [0.29, 0.717) is 13.0 Å². The van der Waals surface area contributed by atoms with Gasteiger partial charge in [0.2, 0.25) is 5.91 Å². The average molecular weight is 251 g/mol.